The van der Waals surface area contributed by atoms with Crippen LogP contribution in [-0.2, 0) is 0 Å². The van der Waals surface area contributed by atoms with Crippen molar-refractivity contribution in [1.29, 1.82) is 0 Å². The second kappa shape index (κ2) is 3.83. The topological polar surface area (TPSA) is 58.3 Å². The molecule has 0 aromatic heterocycles. The summed E-state index contributed by atoms with van der Waals surface area (Å²) < 4.78 is 0. The normalized spacial score (nSPS) is 18.0. The second-order valence-electron chi connectivity index (χ2n) is 1.96. The fraction of sp³-hybridized carbons (Fsp3) is 1.00. The number of likely N-dealkylation sites (N-methyl/N-ethyl adjacent to an activating group) is 1. The predicted octanol–water partition coefficient (Wildman–Crippen LogP) is -1.09. The molecule has 0 fully saturated rings. The summed E-state index contributed by atoms with van der Waals surface area (Å²) in [6.45, 7) is 2.35. The van der Waals surface area contributed by atoms with E-state index in [0.717, 1.165) is 0 Å². The first-order chi connectivity index (χ1) is 3.68. The first kappa shape index (κ1) is 7.88. The van der Waals surface area contributed by atoms with Gasteiger partial charge < -0.3 is 16.2 Å². The van der Waals surface area contributed by atoms with E-state index in [1.165, 1.54) is 0 Å². The molecule has 0 amide bonds. The number of rotatable bonds is 3. The highest BCUT2D eigenvalue weighted by atomic mass is 16.3. The average molecular weight is 118 g/mol. The highest BCUT2D eigenvalue weighted by Crippen LogP contribution is 1.83. The van der Waals surface area contributed by atoms with Crippen molar-refractivity contribution in [1.82, 2.24) is 5.32 Å². The number of hydrogen-bond donors (Lipinski definition) is 3. The van der Waals surface area contributed by atoms with Crippen molar-refractivity contribution >= 4 is 0 Å². The number of nitrogens with two attached hydrogens (primary N) is 1. The van der Waals surface area contributed by atoms with Gasteiger partial charge in [-0.1, -0.05) is 0 Å². The Hall–Kier alpha value is -0.120. The molecule has 0 heterocycles. The van der Waals surface area contributed by atoms with Gasteiger partial charge in [-0.3, -0.25) is 0 Å². The van der Waals surface area contributed by atoms with Crippen LogP contribution >= 0.6 is 0 Å². The van der Waals surface area contributed by atoms with Crippen LogP contribution in [0.2, 0.25) is 0 Å². The van der Waals surface area contributed by atoms with Crippen LogP contribution < -0.4 is 11.1 Å². The van der Waals surface area contributed by atoms with Gasteiger partial charge >= 0.3 is 0 Å². The van der Waals surface area contributed by atoms with Gasteiger partial charge in [0, 0.05) is 12.6 Å². The smallest absolute Gasteiger partial charge is 0.0675 e. The first-order valence-corrected chi connectivity index (χ1v) is 2.76. The Kier molecular flexibility index (Phi) is 3.77. The van der Waals surface area contributed by atoms with E-state index in [9.17, 15) is 0 Å². The summed E-state index contributed by atoms with van der Waals surface area (Å²) in [6, 6.07) is -0.139. The van der Waals surface area contributed by atoms with Gasteiger partial charge in [0.1, 0.15) is 0 Å². The lowest BCUT2D eigenvalue weighted by molar-refractivity contribution is 0.163. The quantitative estimate of drug-likeness (QED) is 0.441. The van der Waals surface area contributed by atoms with Crippen LogP contribution in [-0.4, -0.2) is 30.8 Å². The molecule has 0 rings (SSSR count). The van der Waals surface area contributed by atoms with Gasteiger partial charge in [0.2, 0.25) is 0 Å². The van der Waals surface area contributed by atoms with E-state index in [-0.39, 0.29) is 6.04 Å². The molecule has 3 heteroatoms. The Labute approximate surface area is 49.9 Å². The molecule has 3 nitrogen and oxygen atoms in total. The monoisotopic (exact) mass is 118 g/mol. The number of hydrogen-bond acceptors (Lipinski definition) is 3. The van der Waals surface area contributed by atoms with Crippen molar-refractivity contribution in [3.8, 4) is 0 Å². The van der Waals surface area contributed by atoms with Crippen LogP contribution in [0.1, 0.15) is 6.92 Å². The third-order valence-corrected chi connectivity index (χ3v) is 1.06. The molecule has 8 heavy (non-hydrogen) atoms. The van der Waals surface area contributed by atoms with Crippen molar-refractivity contribution < 1.29 is 5.11 Å². The minimum Gasteiger partial charge on any atom is -0.392 e. The van der Waals surface area contributed by atoms with Crippen molar-refractivity contribution in [2.75, 3.05) is 13.6 Å². The first-order valence-electron chi connectivity index (χ1n) is 2.76. The van der Waals surface area contributed by atoms with Crippen LogP contribution in [0.3, 0.4) is 0 Å². The van der Waals surface area contributed by atoms with Crippen molar-refractivity contribution in [3.05, 3.63) is 0 Å². The number of aliphatic hydroxyl groups is 1. The molecule has 0 aliphatic heterocycles. The summed E-state index contributed by atoms with van der Waals surface area (Å²) in [5, 5.41) is 11.7. The van der Waals surface area contributed by atoms with Gasteiger partial charge in [0.25, 0.3) is 0 Å². The Bertz CT molecular complexity index is 56.4. The largest absolute Gasteiger partial charge is 0.392 e. The van der Waals surface area contributed by atoms with E-state index in [1.807, 2.05) is 7.05 Å². The Morgan fingerprint density at radius 2 is 2.25 bits per heavy atom. The summed E-state index contributed by atoms with van der Waals surface area (Å²) in [5.41, 5.74) is 5.41. The lowest BCUT2D eigenvalue weighted by atomic mass is 10.2. The lowest BCUT2D eigenvalue weighted by Crippen LogP contribution is -2.40. The van der Waals surface area contributed by atoms with Crippen molar-refractivity contribution in [2.45, 2.75) is 19.1 Å². The molecule has 0 unspecified atom stereocenters. The molecule has 0 aliphatic rings. The van der Waals surface area contributed by atoms with Crippen LogP contribution in [0.15, 0.2) is 0 Å². The van der Waals surface area contributed by atoms with Gasteiger partial charge in [0.15, 0.2) is 0 Å². The zero-order valence-electron chi connectivity index (χ0n) is 5.39. The molecule has 4 N–H and O–H groups in total. The van der Waals surface area contributed by atoms with E-state index in [0.29, 0.717) is 6.54 Å². The molecule has 0 spiro atoms. The number of nitrogens with one attached hydrogen (secondary N) is 1. The van der Waals surface area contributed by atoms with Gasteiger partial charge in [-0.05, 0) is 14.0 Å². The van der Waals surface area contributed by atoms with E-state index in [2.05, 4.69) is 5.32 Å². The molecule has 50 valence electrons. The van der Waals surface area contributed by atoms with Crippen molar-refractivity contribution in [2.24, 2.45) is 5.73 Å². The summed E-state index contributed by atoms with van der Waals surface area (Å²) >= 11 is 0. The van der Waals surface area contributed by atoms with Gasteiger partial charge in [-0.2, -0.15) is 0 Å². The summed E-state index contributed by atoms with van der Waals surface area (Å²) in [4.78, 5) is 0. The third-order valence-electron chi connectivity index (χ3n) is 1.06. The third kappa shape index (κ3) is 2.96. The van der Waals surface area contributed by atoms with Crippen LogP contribution in [0.25, 0.3) is 0 Å². The molecular formula is C5H14N2O. The van der Waals surface area contributed by atoms with E-state index in [1.54, 1.807) is 6.92 Å². The van der Waals surface area contributed by atoms with E-state index >= 15 is 0 Å². The number of aliphatic hydroxyl groups excluding tert-OH is 1. The zero-order valence-corrected chi connectivity index (χ0v) is 5.39. The maximum atomic E-state index is 8.79. The molecule has 0 saturated carbocycles. The SMILES string of the molecule is CNC[C@H](N)[C@H](C)O. The average Bonchev–Trinajstić information content (AvgIpc) is 1.67. The summed E-state index contributed by atoms with van der Waals surface area (Å²) in [7, 11) is 1.81. The van der Waals surface area contributed by atoms with Gasteiger partial charge in [-0.15, -0.1) is 0 Å². The molecule has 0 aromatic rings. The molecule has 0 bridgehead atoms. The van der Waals surface area contributed by atoms with E-state index < -0.39 is 6.10 Å². The zero-order chi connectivity index (χ0) is 6.57. The maximum Gasteiger partial charge on any atom is 0.0675 e. The van der Waals surface area contributed by atoms with Crippen molar-refractivity contribution in [3.63, 3.8) is 0 Å². The molecule has 0 radical (unpaired) electrons. The highest BCUT2D eigenvalue weighted by Gasteiger charge is 2.05. The Balaban J connectivity index is 3.17. The predicted molar refractivity (Wildman–Crippen MR) is 33.6 cm³/mol. The fourth-order valence-electron chi connectivity index (χ4n) is 0.406. The van der Waals surface area contributed by atoms with Gasteiger partial charge in [0.05, 0.1) is 6.10 Å². The standard InChI is InChI=1S/C5H14N2O/c1-4(8)5(6)3-7-2/h4-5,7-8H,3,6H2,1-2H3/t4-,5-/m0/s1. The molecule has 0 aliphatic carbocycles. The lowest BCUT2D eigenvalue weighted by Gasteiger charge is -2.12. The Morgan fingerprint density at radius 3 is 2.38 bits per heavy atom. The molecule has 2 atom stereocenters. The van der Waals surface area contributed by atoms with E-state index in [4.69, 9.17) is 10.8 Å². The molecule has 0 saturated heterocycles. The second-order valence-corrected chi connectivity index (χ2v) is 1.96. The minimum atomic E-state index is -0.414. The van der Waals surface area contributed by atoms with Crippen LogP contribution in [0, 0.1) is 0 Å². The maximum absolute atomic E-state index is 8.79. The highest BCUT2D eigenvalue weighted by molar-refractivity contribution is 4.68. The summed E-state index contributed by atoms with van der Waals surface area (Å²) in [5.74, 6) is 0. The molecular weight excluding hydrogens is 104 g/mol. The summed E-state index contributed by atoms with van der Waals surface area (Å²) in [6.07, 6.45) is -0.414. The molecule has 0 aromatic carbocycles. The minimum absolute atomic E-state index is 0.139. The van der Waals surface area contributed by atoms with Gasteiger partial charge in [-0.25, -0.2) is 0 Å². The Morgan fingerprint density at radius 1 is 1.75 bits per heavy atom. The van der Waals surface area contributed by atoms with Crippen LogP contribution in [0.5, 0.6) is 0 Å². The fourth-order valence-corrected chi connectivity index (χ4v) is 0.406. The van der Waals surface area contributed by atoms with Crippen LogP contribution in [0.4, 0.5) is 0 Å².